The Kier molecular flexibility index (Phi) is 2.92. The van der Waals surface area contributed by atoms with Gasteiger partial charge in [-0.3, -0.25) is 4.90 Å². The molecule has 0 aromatic heterocycles. The lowest BCUT2D eigenvalue weighted by atomic mass is 10.2. The molecule has 92 valence electrons. The van der Waals surface area contributed by atoms with Crippen molar-refractivity contribution in [2.24, 2.45) is 5.92 Å². The molecule has 5 heteroatoms. The van der Waals surface area contributed by atoms with Crippen LogP contribution in [0.3, 0.4) is 0 Å². The number of carboxylic acid groups (broad SMARTS) is 1. The first kappa shape index (κ1) is 12.8. The highest BCUT2D eigenvalue weighted by Crippen LogP contribution is 2.48. The van der Waals surface area contributed by atoms with Crippen LogP contribution in [0.1, 0.15) is 34.1 Å². The van der Waals surface area contributed by atoms with E-state index >= 15 is 0 Å². The van der Waals surface area contributed by atoms with Gasteiger partial charge >= 0.3 is 12.1 Å². The van der Waals surface area contributed by atoms with Gasteiger partial charge in [-0.25, -0.2) is 9.59 Å². The Morgan fingerprint density at radius 1 is 1.44 bits per heavy atom. The second kappa shape index (κ2) is 3.64. The molecule has 0 bridgehead atoms. The molecule has 1 N–H and O–H groups in total. The van der Waals surface area contributed by atoms with Crippen LogP contribution >= 0.6 is 0 Å². The fourth-order valence-electron chi connectivity index (χ4n) is 1.81. The maximum atomic E-state index is 11.7. The minimum atomic E-state index is -1.07. The summed E-state index contributed by atoms with van der Waals surface area (Å²) >= 11 is 0. The van der Waals surface area contributed by atoms with Crippen LogP contribution in [0.25, 0.3) is 0 Å². The summed E-state index contributed by atoms with van der Waals surface area (Å²) in [5.41, 5.74) is -1.68. The lowest BCUT2D eigenvalue weighted by molar-refractivity contribution is -0.145. The van der Waals surface area contributed by atoms with Crippen LogP contribution in [0.2, 0.25) is 0 Å². The molecule has 0 saturated heterocycles. The molecule has 0 aromatic carbocycles. The number of carbonyl (C=O) groups is 2. The van der Waals surface area contributed by atoms with Gasteiger partial charge in [-0.05, 0) is 33.1 Å². The molecule has 0 heterocycles. The summed E-state index contributed by atoms with van der Waals surface area (Å²) in [6, 6.07) is 0. The third-order valence-electron chi connectivity index (χ3n) is 2.91. The topological polar surface area (TPSA) is 66.8 Å². The predicted molar refractivity (Wildman–Crippen MR) is 58.1 cm³/mol. The van der Waals surface area contributed by atoms with Crippen molar-refractivity contribution >= 4 is 12.1 Å². The first-order chi connectivity index (χ1) is 7.11. The summed E-state index contributed by atoms with van der Waals surface area (Å²) in [7, 11) is 1.48. The Balaban J connectivity index is 2.75. The molecule has 0 aliphatic heterocycles. The number of aliphatic carboxylic acids is 1. The van der Waals surface area contributed by atoms with Crippen LogP contribution in [-0.4, -0.2) is 40.3 Å². The highest BCUT2D eigenvalue weighted by molar-refractivity contribution is 5.88. The lowest BCUT2D eigenvalue weighted by Crippen LogP contribution is -2.48. The molecular weight excluding hydrogens is 210 g/mol. The van der Waals surface area contributed by atoms with E-state index in [9.17, 15) is 9.59 Å². The van der Waals surface area contributed by atoms with Gasteiger partial charge in [0.1, 0.15) is 11.1 Å². The summed E-state index contributed by atoms with van der Waals surface area (Å²) in [4.78, 5) is 24.1. The van der Waals surface area contributed by atoms with Crippen molar-refractivity contribution in [2.45, 2.75) is 45.3 Å². The highest BCUT2D eigenvalue weighted by Gasteiger charge is 2.63. The fraction of sp³-hybridized carbons (Fsp3) is 0.818. The van der Waals surface area contributed by atoms with E-state index in [2.05, 4.69) is 0 Å². The van der Waals surface area contributed by atoms with E-state index in [4.69, 9.17) is 9.84 Å². The molecule has 1 aliphatic carbocycles. The van der Waals surface area contributed by atoms with Gasteiger partial charge in [0, 0.05) is 7.05 Å². The van der Waals surface area contributed by atoms with E-state index in [1.165, 1.54) is 11.9 Å². The zero-order chi connectivity index (χ0) is 12.7. The zero-order valence-electron chi connectivity index (χ0n) is 10.4. The van der Waals surface area contributed by atoms with Gasteiger partial charge in [0.2, 0.25) is 0 Å². The minimum Gasteiger partial charge on any atom is -0.479 e. The van der Waals surface area contributed by atoms with Gasteiger partial charge in [0.15, 0.2) is 0 Å². The summed E-state index contributed by atoms with van der Waals surface area (Å²) in [5, 5.41) is 9.14. The average molecular weight is 229 g/mol. The predicted octanol–water partition coefficient (Wildman–Crippen LogP) is 1.72. The van der Waals surface area contributed by atoms with E-state index in [0.717, 1.165) is 0 Å². The summed E-state index contributed by atoms with van der Waals surface area (Å²) in [6.45, 7) is 7.07. The lowest BCUT2D eigenvalue weighted by Gasteiger charge is -2.29. The van der Waals surface area contributed by atoms with Crippen LogP contribution in [0, 0.1) is 5.92 Å². The van der Waals surface area contributed by atoms with Gasteiger partial charge in [0.05, 0.1) is 0 Å². The smallest absolute Gasteiger partial charge is 0.410 e. The molecule has 1 amide bonds. The van der Waals surface area contributed by atoms with Gasteiger partial charge in [-0.1, -0.05) is 6.92 Å². The van der Waals surface area contributed by atoms with E-state index in [1.54, 1.807) is 20.8 Å². The van der Waals surface area contributed by atoms with Crippen LogP contribution in [0.5, 0.6) is 0 Å². The van der Waals surface area contributed by atoms with Crippen molar-refractivity contribution < 1.29 is 19.4 Å². The molecular formula is C11H19NO4. The number of likely N-dealkylation sites (N-methyl/N-ethyl adjacent to an activating group) is 1. The highest BCUT2D eigenvalue weighted by atomic mass is 16.6. The molecule has 16 heavy (non-hydrogen) atoms. The second-order valence-electron chi connectivity index (χ2n) is 5.37. The molecule has 1 rings (SSSR count). The number of hydrogen-bond acceptors (Lipinski definition) is 3. The number of amides is 1. The molecule has 2 atom stereocenters. The number of hydrogen-bond donors (Lipinski definition) is 1. The first-order valence-corrected chi connectivity index (χ1v) is 5.31. The molecule has 5 nitrogen and oxygen atoms in total. The monoisotopic (exact) mass is 229 g/mol. The van der Waals surface area contributed by atoms with Crippen LogP contribution < -0.4 is 0 Å². The van der Waals surface area contributed by atoms with Crippen molar-refractivity contribution in [3.05, 3.63) is 0 Å². The Morgan fingerprint density at radius 3 is 2.12 bits per heavy atom. The Hall–Kier alpha value is -1.26. The van der Waals surface area contributed by atoms with E-state index in [-0.39, 0.29) is 5.92 Å². The van der Waals surface area contributed by atoms with Gasteiger partial charge in [-0.2, -0.15) is 0 Å². The van der Waals surface area contributed by atoms with Crippen molar-refractivity contribution in [1.29, 1.82) is 0 Å². The minimum absolute atomic E-state index is 0.0254. The van der Waals surface area contributed by atoms with Crippen molar-refractivity contribution in [2.75, 3.05) is 7.05 Å². The normalized spacial score (nSPS) is 28.4. The molecule has 1 aliphatic rings. The molecule has 0 aromatic rings. The maximum absolute atomic E-state index is 11.7. The number of carboxylic acids is 1. The molecule has 0 spiro atoms. The largest absolute Gasteiger partial charge is 0.479 e. The van der Waals surface area contributed by atoms with Gasteiger partial charge in [0.25, 0.3) is 0 Å². The summed E-state index contributed by atoms with van der Waals surface area (Å²) in [6.07, 6.45) is -0.0998. The number of ether oxygens (including phenoxy) is 1. The molecule has 0 unspecified atom stereocenters. The van der Waals surface area contributed by atoms with E-state index < -0.39 is 23.2 Å². The SMILES string of the molecule is C[C@@H]1C[C@@]1(C(=O)O)N(C)C(=O)OC(C)(C)C. The van der Waals surface area contributed by atoms with E-state index in [0.29, 0.717) is 6.42 Å². The average Bonchev–Trinajstić information content (AvgIpc) is 2.74. The summed E-state index contributed by atoms with van der Waals surface area (Å²) in [5.74, 6) is -0.990. The van der Waals surface area contributed by atoms with Crippen molar-refractivity contribution in [3.63, 3.8) is 0 Å². The summed E-state index contributed by atoms with van der Waals surface area (Å²) < 4.78 is 5.15. The quantitative estimate of drug-likeness (QED) is 0.782. The van der Waals surface area contributed by atoms with Crippen LogP contribution in [-0.2, 0) is 9.53 Å². The third-order valence-corrected chi connectivity index (χ3v) is 2.91. The Labute approximate surface area is 95.4 Å². The fourth-order valence-corrected chi connectivity index (χ4v) is 1.81. The maximum Gasteiger partial charge on any atom is 0.410 e. The Bertz CT molecular complexity index is 320. The number of nitrogens with zero attached hydrogens (tertiary/aromatic N) is 1. The third kappa shape index (κ3) is 2.13. The van der Waals surface area contributed by atoms with E-state index in [1.807, 2.05) is 6.92 Å². The number of rotatable bonds is 2. The standard InChI is InChI=1S/C11H19NO4/c1-7-6-11(7,8(13)14)12(5)9(15)16-10(2,3)4/h7H,6H2,1-5H3,(H,13,14)/t7-,11-/m1/s1. The van der Waals surface area contributed by atoms with Crippen LogP contribution in [0.4, 0.5) is 4.79 Å². The van der Waals surface area contributed by atoms with Gasteiger partial charge in [-0.15, -0.1) is 0 Å². The zero-order valence-corrected chi connectivity index (χ0v) is 10.4. The van der Waals surface area contributed by atoms with Crippen molar-refractivity contribution in [1.82, 2.24) is 4.90 Å². The first-order valence-electron chi connectivity index (χ1n) is 5.31. The Morgan fingerprint density at radius 2 is 1.88 bits per heavy atom. The number of carbonyl (C=O) groups excluding carboxylic acids is 1. The van der Waals surface area contributed by atoms with Crippen LogP contribution in [0.15, 0.2) is 0 Å². The molecule has 1 saturated carbocycles. The molecule has 1 fully saturated rings. The van der Waals surface area contributed by atoms with Gasteiger partial charge < -0.3 is 9.84 Å². The molecule has 0 radical (unpaired) electrons. The van der Waals surface area contributed by atoms with Crippen molar-refractivity contribution in [3.8, 4) is 0 Å². The second-order valence-corrected chi connectivity index (χ2v) is 5.37.